The van der Waals surface area contributed by atoms with Gasteiger partial charge in [-0.05, 0) is 19.1 Å². The average molecular weight is 223 g/mol. The number of methoxy groups -OCH3 is 1. The van der Waals surface area contributed by atoms with Crippen LogP contribution in [0.3, 0.4) is 0 Å². The number of hydrogen-bond donors (Lipinski definition) is 0. The maximum Gasteiger partial charge on any atom is 0.341 e. The number of benzene rings is 1. The van der Waals surface area contributed by atoms with Crippen molar-refractivity contribution in [3.8, 4) is 11.8 Å². The number of rotatable bonds is 3. The first-order valence-electron chi connectivity index (χ1n) is 4.59. The van der Waals surface area contributed by atoms with Gasteiger partial charge in [0, 0.05) is 0 Å². The third-order valence-corrected chi connectivity index (χ3v) is 1.92. The van der Waals surface area contributed by atoms with Crippen LogP contribution in [0.5, 0.6) is 5.75 Å². The quantitative estimate of drug-likeness (QED) is 0.734. The molecule has 0 spiro atoms. The third-order valence-electron chi connectivity index (χ3n) is 1.92. The van der Waals surface area contributed by atoms with E-state index in [0.717, 1.165) is 0 Å². The molecule has 0 radical (unpaired) electrons. The molecule has 5 heteroatoms. The molecule has 0 bridgehead atoms. The van der Waals surface area contributed by atoms with Crippen molar-refractivity contribution in [3.05, 3.63) is 29.1 Å². The molecule has 0 saturated heterocycles. The summed E-state index contributed by atoms with van der Waals surface area (Å²) in [6.07, 6.45) is 0. The van der Waals surface area contributed by atoms with Crippen LogP contribution in [0, 0.1) is 17.1 Å². The Morgan fingerprint density at radius 3 is 2.75 bits per heavy atom. The zero-order valence-corrected chi connectivity index (χ0v) is 8.91. The first-order valence-corrected chi connectivity index (χ1v) is 4.59. The second kappa shape index (κ2) is 5.12. The molecule has 0 aromatic heterocycles. The van der Waals surface area contributed by atoms with E-state index in [0.29, 0.717) is 0 Å². The monoisotopic (exact) mass is 223 g/mol. The SMILES string of the molecule is CCOC(=O)c1ccc(C#N)c(OC)c1F. The Balaban J connectivity index is 3.25. The van der Waals surface area contributed by atoms with Gasteiger partial charge in [-0.3, -0.25) is 0 Å². The molecule has 84 valence electrons. The van der Waals surface area contributed by atoms with Gasteiger partial charge in [0.25, 0.3) is 0 Å². The van der Waals surface area contributed by atoms with Crippen LogP contribution in [0.4, 0.5) is 4.39 Å². The summed E-state index contributed by atoms with van der Waals surface area (Å²) >= 11 is 0. The van der Waals surface area contributed by atoms with E-state index in [2.05, 4.69) is 4.74 Å². The van der Waals surface area contributed by atoms with E-state index >= 15 is 0 Å². The van der Waals surface area contributed by atoms with E-state index in [1.165, 1.54) is 19.2 Å². The summed E-state index contributed by atoms with van der Waals surface area (Å²) in [5.74, 6) is -1.89. The minimum absolute atomic E-state index is 0.0352. The number of hydrogen-bond acceptors (Lipinski definition) is 4. The Morgan fingerprint density at radius 2 is 2.25 bits per heavy atom. The molecule has 1 rings (SSSR count). The molecule has 1 aromatic carbocycles. The molecule has 1 aromatic rings. The third kappa shape index (κ3) is 2.11. The van der Waals surface area contributed by atoms with Crippen LogP contribution in [0.1, 0.15) is 22.8 Å². The predicted octanol–water partition coefficient (Wildman–Crippen LogP) is 1.88. The minimum Gasteiger partial charge on any atom is -0.492 e. The maximum atomic E-state index is 13.7. The van der Waals surface area contributed by atoms with E-state index in [9.17, 15) is 9.18 Å². The van der Waals surface area contributed by atoms with E-state index in [-0.39, 0.29) is 23.5 Å². The van der Waals surface area contributed by atoms with Gasteiger partial charge in [0.05, 0.1) is 24.8 Å². The molecule has 0 heterocycles. The number of carbonyl (C=O) groups is 1. The lowest BCUT2D eigenvalue weighted by molar-refractivity contribution is 0.0520. The number of ether oxygens (including phenoxy) is 2. The molecule has 0 atom stereocenters. The maximum absolute atomic E-state index is 13.7. The zero-order chi connectivity index (χ0) is 12.1. The van der Waals surface area contributed by atoms with Crippen molar-refractivity contribution < 1.29 is 18.7 Å². The summed E-state index contributed by atoms with van der Waals surface area (Å²) in [5.41, 5.74) is -0.203. The number of esters is 1. The van der Waals surface area contributed by atoms with E-state index in [4.69, 9.17) is 10.00 Å². The number of nitrogens with zero attached hydrogens (tertiary/aromatic N) is 1. The Morgan fingerprint density at radius 1 is 1.56 bits per heavy atom. The van der Waals surface area contributed by atoms with Gasteiger partial charge in [-0.15, -0.1) is 0 Å². The van der Waals surface area contributed by atoms with Crippen LogP contribution in [-0.4, -0.2) is 19.7 Å². The number of carbonyl (C=O) groups excluding carboxylic acids is 1. The lowest BCUT2D eigenvalue weighted by Crippen LogP contribution is -2.08. The van der Waals surface area contributed by atoms with Gasteiger partial charge in [0.1, 0.15) is 6.07 Å². The van der Waals surface area contributed by atoms with Crippen molar-refractivity contribution in [1.29, 1.82) is 5.26 Å². The normalized spacial score (nSPS) is 9.38. The Kier molecular flexibility index (Phi) is 3.84. The number of halogens is 1. The van der Waals surface area contributed by atoms with Crippen molar-refractivity contribution in [2.75, 3.05) is 13.7 Å². The van der Waals surface area contributed by atoms with Gasteiger partial charge in [-0.1, -0.05) is 0 Å². The van der Waals surface area contributed by atoms with Crippen molar-refractivity contribution in [2.24, 2.45) is 0 Å². The predicted molar refractivity (Wildman–Crippen MR) is 53.6 cm³/mol. The topological polar surface area (TPSA) is 59.3 Å². The second-order valence-corrected chi connectivity index (χ2v) is 2.84. The molecule has 0 aliphatic rings. The van der Waals surface area contributed by atoms with Gasteiger partial charge in [-0.25, -0.2) is 9.18 Å². The van der Waals surface area contributed by atoms with Crippen molar-refractivity contribution >= 4 is 5.97 Å². The van der Waals surface area contributed by atoms with Gasteiger partial charge >= 0.3 is 5.97 Å². The van der Waals surface area contributed by atoms with E-state index in [1.54, 1.807) is 13.0 Å². The molecule has 0 aliphatic carbocycles. The van der Waals surface area contributed by atoms with Crippen molar-refractivity contribution in [2.45, 2.75) is 6.92 Å². The van der Waals surface area contributed by atoms with Gasteiger partial charge < -0.3 is 9.47 Å². The molecule has 16 heavy (non-hydrogen) atoms. The average Bonchev–Trinajstić information content (AvgIpc) is 2.28. The molecule has 0 saturated carbocycles. The summed E-state index contributed by atoms with van der Waals surface area (Å²) in [7, 11) is 1.23. The highest BCUT2D eigenvalue weighted by Gasteiger charge is 2.19. The molecular formula is C11H10FNO3. The van der Waals surface area contributed by atoms with Crippen molar-refractivity contribution in [1.82, 2.24) is 0 Å². The van der Waals surface area contributed by atoms with Crippen LogP contribution in [0.25, 0.3) is 0 Å². The summed E-state index contributed by atoms with van der Waals surface area (Å²) < 4.78 is 23.1. The largest absolute Gasteiger partial charge is 0.492 e. The van der Waals surface area contributed by atoms with Crippen LogP contribution in [0.15, 0.2) is 12.1 Å². The lowest BCUT2D eigenvalue weighted by atomic mass is 10.1. The smallest absolute Gasteiger partial charge is 0.341 e. The Hall–Kier alpha value is -2.09. The molecule has 0 unspecified atom stereocenters. The van der Waals surface area contributed by atoms with Crippen LogP contribution in [-0.2, 0) is 4.74 Å². The molecule has 0 N–H and O–H groups in total. The van der Waals surface area contributed by atoms with Gasteiger partial charge in [0.2, 0.25) is 0 Å². The fourth-order valence-electron chi connectivity index (χ4n) is 1.21. The fraction of sp³-hybridized carbons (Fsp3) is 0.273. The summed E-state index contributed by atoms with van der Waals surface area (Å²) in [4.78, 5) is 11.3. The minimum atomic E-state index is -0.875. The summed E-state index contributed by atoms with van der Waals surface area (Å²) in [6.45, 7) is 1.78. The van der Waals surface area contributed by atoms with E-state index in [1.807, 2.05) is 0 Å². The van der Waals surface area contributed by atoms with E-state index < -0.39 is 11.8 Å². The van der Waals surface area contributed by atoms with Gasteiger partial charge in [0.15, 0.2) is 11.6 Å². The standard InChI is InChI=1S/C11H10FNO3/c1-3-16-11(14)8-5-4-7(6-13)10(15-2)9(8)12/h4-5H,3H2,1-2H3. The summed E-state index contributed by atoms with van der Waals surface area (Å²) in [6, 6.07) is 4.28. The first kappa shape index (κ1) is 12.0. The highest BCUT2D eigenvalue weighted by molar-refractivity contribution is 5.90. The summed E-state index contributed by atoms with van der Waals surface area (Å²) in [5, 5.41) is 8.69. The van der Waals surface area contributed by atoms with Crippen molar-refractivity contribution in [3.63, 3.8) is 0 Å². The first-order chi connectivity index (χ1) is 7.65. The fourth-order valence-corrected chi connectivity index (χ4v) is 1.21. The highest BCUT2D eigenvalue weighted by Crippen LogP contribution is 2.25. The number of nitriles is 1. The second-order valence-electron chi connectivity index (χ2n) is 2.84. The molecule has 0 amide bonds. The van der Waals surface area contributed by atoms with Crippen LogP contribution in [0.2, 0.25) is 0 Å². The molecule has 0 aliphatic heterocycles. The molecule has 0 fully saturated rings. The zero-order valence-electron chi connectivity index (χ0n) is 8.91. The molecule has 4 nitrogen and oxygen atoms in total. The highest BCUT2D eigenvalue weighted by atomic mass is 19.1. The van der Waals surface area contributed by atoms with Crippen LogP contribution < -0.4 is 4.74 Å². The Labute approximate surface area is 92.2 Å². The molecular weight excluding hydrogens is 213 g/mol. The lowest BCUT2D eigenvalue weighted by Gasteiger charge is -2.08. The van der Waals surface area contributed by atoms with Crippen LogP contribution >= 0.6 is 0 Å². The Bertz CT molecular complexity index is 451. The van der Waals surface area contributed by atoms with Gasteiger partial charge in [-0.2, -0.15) is 5.26 Å².